The highest BCUT2D eigenvalue weighted by Gasteiger charge is 2.15. The number of aryl methyl sites for hydroxylation is 2. The molecule has 0 bridgehead atoms. The zero-order valence-corrected chi connectivity index (χ0v) is 12.6. The molecule has 22 heavy (non-hydrogen) atoms. The van der Waals surface area contributed by atoms with Crippen LogP contribution in [0.25, 0.3) is 0 Å². The summed E-state index contributed by atoms with van der Waals surface area (Å²) >= 11 is 0. The Bertz CT molecular complexity index is 710. The van der Waals surface area contributed by atoms with Gasteiger partial charge in [-0.25, -0.2) is 0 Å². The minimum absolute atomic E-state index is 0.000206. The molecule has 0 aromatic heterocycles. The Labute approximate surface area is 128 Å². The zero-order chi connectivity index (χ0) is 16.3. The van der Waals surface area contributed by atoms with Crippen LogP contribution < -0.4 is 5.32 Å². The number of phenols is 3. The molecular formula is C17H19NO4. The van der Waals surface area contributed by atoms with Gasteiger partial charge in [-0.1, -0.05) is 18.2 Å². The summed E-state index contributed by atoms with van der Waals surface area (Å²) in [4.78, 5) is 12.2. The molecule has 0 aliphatic heterocycles. The predicted molar refractivity (Wildman–Crippen MR) is 83.4 cm³/mol. The van der Waals surface area contributed by atoms with Gasteiger partial charge >= 0.3 is 0 Å². The maximum absolute atomic E-state index is 12.2. The van der Waals surface area contributed by atoms with E-state index < -0.39 is 0 Å². The van der Waals surface area contributed by atoms with E-state index >= 15 is 0 Å². The predicted octanol–water partition coefficient (Wildman–Crippen LogP) is 2.39. The van der Waals surface area contributed by atoms with Gasteiger partial charge in [0.25, 0.3) is 5.91 Å². The van der Waals surface area contributed by atoms with Crippen LogP contribution >= 0.6 is 0 Å². The fraction of sp³-hybridized carbons (Fsp3) is 0.235. The lowest BCUT2D eigenvalue weighted by atomic mass is 10.0. The molecule has 0 aliphatic carbocycles. The number of aromatic hydroxyl groups is 3. The second-order valence-corrected chi connectivity index (χ2v) is 5.25. The van der Waals surface area contributed by atoms with Crippen LogP contribution in [0.2, 0.25) is 0 Å². The van der Waals surface area contributed by atoms with Gasteiger partial charge in [-0.3, -0.25) is 4.79 Å². The van der Waals surface area contributed by atoms with Crippen molar-refractivity contribution in [2.45, 2.75) is 20.3 Å². The van der Waals surface area contributed by atoms with E-state index in [-0.39, 0.29) is 28.7 Å². The van der Waals surface area contributed by atoms with Crippen LogP contribution in [0, 0.1) is 13.8 Å². The van der Waals surface area contributed by atoms with Crippen LogP contribution in [0.15, 0.2) is 30.3 Å². The number of carbonyl (C=O) groups is 1. The normalized spacial score (nSPS) is 10.5. The lowest BCUT2D eigenvalue weighted by Crippen LogP contribution is -2.26. The van der Waals surface area contributed by atoms with E-state index in [0.29, 0.717) is 24.1 Å². The Morgan fingerprint density at radius 2 is 1.68 bits per heavy atom. The van der Waals surface area contributed by atoms with Crippen molar-refractivity contribution in [1.82, 2.24) is 5.32 Å². The number of benzene rings is 2. The first kappa shape index (κ1) is 15.7. The van der Waals surface area contributed by atoms with Crippen molar-refractivity contribution < 1.29 is 20.1 Å². The van der Waals surface area contributed by atoms with Gasteiger partial charge in [0.15, 0.2) is 11.5 Å². The SMILES string of the molecule is Cc1ccc(C)c(C(=O)NCCc2ccc(O)c(O)c2)c1O. The summed E-state index contributed by atoms with van der Waals surface area (Å²) in [6.07, 6.45) is 0.505. The van der Waals surface area contributed by atoms with E-state index in [4.69, 9.17) is 0 Å². The minimum atomic E-state index is -0.332. The molecule has 4 N–H and O–H groups in total. The molecule has 0 saturated heterocycles. The lowest BCUT2D eigenvalue weighted by Gasteiger charge is -2.11. The molecule has 2 aromatic rings. The van der Waals surface area contributed by atoms with Gasteiger partial charge in [0.05, 0.1) is 5.56 Å². The largest absolute Gasteiger partial charge is 0.507 e. The van der Waals surface area contributed by atoms with E-state index in [1.807, 2.05) is 0 Å². The number of amides is 1. The molecule has 2 aromatic carbocycles. The van der Waals surface area contributed by atoms with Gasteiger partial charge in [-0.05, 0) is 49.1 Å². The molecule has 0 saturated carbocycles. The van der Waals surface area contributed by atoms with Crippen LogP contribution in [0.4, 0.5) is 0 Å². The highest BCUT2D eigenvalue weighted by atomic mass is 16.3. The highest BCUT2D eigenvalue weighted by molar-refractivity contribution is 5.98. The average Bonchev–Trinajstić information content (AvgIpc) is 2.47. The summed E-state index contributed by atoms with van der Waals surface area (Å²) in [5, 5.41) is 31.4. The molecule has 0 radical (unpaired) electrons. The number of carbonyl (C=O) groups excluding carboxylic acids is 1. The third kappa shape index (κ3) is 3.31. The van der Waals surface area contributed by atoms with Crippen molar-refractivity contribution in [2.75, 3.05) is 6.54 Å². The van der Waals surface area contributed by atoms with Crippen LogP contribution in [0.1, 0.15) is 27.0 Å². The van der Waals surface area contributed by atoms with Crippen molar-refractivity contribution in [3.8, 4) is 17.2 Å². The molecule has 0 unspecified atom stereocenters. The molecule has 116 valence electrons. The number of phenolic OH excluding ortho intramolecular Hbond substituents is 3. The first-order valence-electron chi connectivity index (χ1n) is 6.98. The Hall–Kier alpha value is -2.69. The number of nitrogens with one attached hydrogen (secondary N) is 1. The summed E-state index contributed by atoms with van der Waals surface area (Å²) in [6.45, 7) is 3.87. The summed E-state index contributed by atoms with van der Waals surface area (Å²) in [6, 6.07) is 8.10. The highest BCUT2D eigenvalue weighted by Crippen LogP contribution is 2.26. The van der Waals surface area contributed by atoms with Gasteiger partial charge in [-0.15, -0.1) is 0 Å². The average molecular weight is 301 g/mol. The number of rotatable bonds is 4. The van der Waals surface area contributed by atoms with Crippen LogP contribution in [0.5, 0.6) is 17.2 Å². The lowest BCUT2D eigenvalue weighted by molar-refractivity contribution is 0.0950. The first-order valence-corrected chi connectivity index (χ1v) is 6.98. The van der Waals surface area contributed by atoms with E-state index in [0.717, 1.165) is 5.56 Å². The number of hydrogen-bond donors (Lipinski definition) is 4. The molecular weight excluding hydrogens is 282 g/mol. The maximum Gasteiger partial charge on any atom is 0.255 e. The number of hydrogen-bond acceptors (Lipinski definition) is 4. The molecule has 0 atom stereocenters. The summed E-state index contributed by atoms with van der Waals surface area (Å²) in [5.74, 6) is -0.689. The molecule has 2 rings (SSSR count). The summed E-state index contributed by atoms with van der Waals surface area (Å²) in [7, 11) is 0. The molecule has 0 spiro atoms. The first-order chi connectivity index (χ1) is 10.4. The Balaban J connectivity index is 2.01. The van der Waals surface area contributed by atoms with Gasteiger partial charge in [0, 0.05) is 6.54 Å². The molecule has 5 nitrogen and oxygen atoms in total. The van der Waals surface area contributed by atoms with Gasteiger partial charge in [0.1, 0.15) is 5.75 Å². The molecule has 0 fully saturated rings. The Morgan fingerprint density at radius 3 is 2.36 bits per heavy atom. The van der Waals surface area contributed by atoms with Crippen LogP contribution in [0.3, 0.4) is 0 Å². The van der Waals surface area contributed by atoms with Gasteiger partial charge < -0.3 is 20.6 Å². The van der Waals surface area contributed by atoms with E-state index in [2.05, 4.69) is 5.32 Å². The smallest absolute Gasteiger partial charge is 0.255 e. The fourth-order valence-electron chi connectivity index (χ4n) is 2.22. The van der Waals surface area contributed by atoms with Crippen molar-refractivity contribution in [1.29, 1.82) is 0 Å². The monoisotopic (exact) mass is 301 g/mol. The second kappa shape index (κ2) is 6.39. The Kier molecular flexibility index (Phi) is 4.56. The van der Waals surface area contributed by atoms with Gasteiger partial charge in [-0.2, -0.15) is 0 Å². The molecule has 0 aliphatic rings. The quantitative estimate of drug-likeness (QED) is 0.653. The van der Waals surface area contributed by atoms with E-state index in [1.54, 1.807) is 32.0 Å². The van der Waals surface area contributed by atoms with Crippen molar-refractivity contribution in [3.63, 3.8) is 0 Å². The van der Waals surface area contributed by atoms with Crippen LogP contribution in [-0.4, -0.2) is 27.8 Å². The summed E-state index contributed by atoms with van der Waals surface area (Å²) in [5.41, 5.74) is 2.44. The van der Waals surface area contributed by atoms with E-state index in [1.165, 1.54) is 12.1 Å². The van der Waals surface area contributed by atoms with Gasteiger partial charge in [0.2, 0.25) is 0 Å². The van der Waals surface area contributed by atoms with E-state index in [9.17, 15) is 20.1 Å². The summed E-state index contributed by atoms with van der Waals surface area (Å²) < 4.78 is 0. The maximum atomic E-state index is 12.2. The standard InChI is InChI=1S/C17H19NO4/c1-10-3-4-11(2)16(21)15(10)17(22)18-8-7-12-5-6-13(19)14(20)9-12/h3-6,9,19-21H,7-8H2,1-2H3,(H,18,22). The second-order valence-electron chi connectivity index (χ2n) is 5.25. The molecule has 5 heteroatoms. The molecule has 1 amide bonds. The van der Waals surface area contributed by atoms with Crippen molar-refractivity contribution >= 4 is 5.91 Å². The van der Waals surface area contributed by atoms with Crippen LogP contribution in [-0.2, 0) is 6.42 Å². The minimum Gasteiger partial charge on any atom is -0.507 e. The van der Waals surface area contributed by atoms with Crippen molar-refractivity contribution in [3.05, 3.63) is 52.6 Å². The Morgan fingerprint density at radius 1 is 1.00 bits per heavy atom. The third-order valence-corrected chi connectivity index (χ3v) is 3.55. The third-order valence-electron chi connectivity index (χ3n) is 3.55. The van der Waals surface area contributed by atoms with Crippen molar-refractivity contribution in [2.24, 2.45) is 0 Å². The topological polar surface area (TPSA) is 89.8 Å². The fourth-order valence-corrected chi connectivity index (χ4v) is 2.22. The molecule has 0 heterocycles. The zero-order valence-electron chi connectivity index (χ0n) is 12.6.